The summed E-state index contributed by atoms with van der Waals surface area (Å²) in [5.41, 5.74) is 4.04. The van der Waals surface area contributed by atoms with Crippen molar-refractivity contribution in [3.05, 3.63) is 77.2 Å². The summed E-state index contributed by atoms with van der Waals surface area (Å²) >= 11 is 0. The number of carboxylic acids is 1. The third-order valence-corrected chi connectivity index (χ3v) is 6.02. The van der Waals surface area contributed by atoms with Crippen molar-refractivity contribution in [2.75, 3.05) is 7.11 Å². The van der Waals surface area contributed by atoms with Crippen LogP contribution in [-0.4, -0.2) is 23.2 Å². The Morgan fingerprint density at radius 2 is 1.91 bits per heavy atom. The van der Waals surface area contributed by atoms with Crippen LogP contribution in [0, 0.1) is 11.7 Å². The summed E-state index contributed by atoms with van der Waals surface area (Å²) in [7, 11) is 1.54. The number of fused-ring (bicyclic) bond motifs is 1. The molecular formula is C28H30FNO4. The van der Waals surface area contributed by atoms with Crippen molar-refractivity contribution in [3.8, 4) is 22.8 Å². The minimum atomic E-state index is -0.828. The van der Waals surface area contributed by atoms with Gasteiger partial charge in [0.15, 0.2) is 0 Å². The van der Waals surface area contributed by atoms with E-state index >= 15 is 4.39 Å². The molecule has 1 aliphatic heterocycles. The van der Waals surface area contributed by atoms with E-state index in [9.17, 15) is 4.79 Å². The molecule has 1 aliphatic carbocycles. The normalized spacial score (nSPS) is 16.9. The van der Waals surface area contributed by atoms with Crippen molar-refractivity contribution in [1.29, 1.82) is 0 Å². The molecule has 34 heavy (non-hydrogen) atoms. The van der Waals surface area contributed by atoms with Crippen LogP contribution >= 0.6 is 0 Å². The first kappa shape index (κ1) is 23.7. The van der Waals surface area contributed by atoms with Crippen LogP contribution in [0.1, 0.15) is 55.4 Å². The quantitative estimate of drug-likeness (QED) is 0.458. The molecule has 2 unspecified atom stereocenters. The lowest BCUT2D eigenvalue weighted by atomic mass is 9.93. The number of hydrogen-bond acceptors (Lipinski definition) is 4. The Morgan fingerprint density at radius 1 is 1.15 bits per heavy atom. The summed E-state index contributed by atoms with van der Waals surface area (Å²) in [5.74, 6) is -0.451. The van der Waals surface area contributed by atoms with Crippen LogP contribution in [0.2, 0.25) is 0 Å². The Kier molecular flexibility index (Phi) is 7.46. The van der Waals surface area contributed by atoms with E-state index in [0.717, 1.165) is 28.7 Å². The van der Waals surface area contributed by atoms with E-state index in [1.165, 1.54) is 25.3 Å². The Morgan fingerprint density at radius 3 is 2.59 bits per heavy atom. The van der Waals surface area contributed by atoms with Gasteiger partial charge in [0.1, 0.15) is 17.7 Å². The standard InChI is InChI=1S/C25H24FNO4.C3H6/c1-15(25(28)29)11-16-3-4-17-6-8-22(31-23(17)12-16)20-7-5-18(13-21(20)26)19-9-10-27-24(14-19)30-2;1-2-3-1/h3-5,7,9-10,12-15,22H,6,8,11H2,1-2H3,(H,28,29);1-3H2. The largest absolute Gasteiger partial charge is 0.485 e. The second-order valence-electron chi connectivity index (χ2n) is 8.91. The molecule has 0 amide bonds. The van der Waals surface area contributed by atoms with Crippen molar-refractivity contribution >= 4 is 5.97 Å². The minimum Gasteiger partial charge on any atom is -0.485 e. The molecule has 1 N–H and O–H groups in total. The molecule has 1 saturated carbocycles. The topological polar surface area (TPSA) is 68.7 Å². The van der Waals surface area contributed by atoms with Gasteiger partial charge in [-0.3, -0.25) is 4.79 Å². The number of aliphatic carboxylic acids is 1. The molecule has 0 radical (unpaired) electrons. The van der Waals surface area contributed by atoms with Crippen LogP contribution < -0.4 is 9.47 Å². The van der Waals surface area contributed by atoms with Crippen LogP contribution in [0.4, 0.5) is 4.39 Å². The van der Waals surface area contributed by atoms with Crippen LogP contribution in [0.25, 0.3) is 11.1 Å². The minimum absolute atomic E-state index is 0.322. The maximum absolute atomic E-state index is 15.0. The molecule has 5 rings (SSSR count). The second kappa shape index (κ2) is 10.7. The average molecular weight is 464 g/mol. The molecule has 2 atom stereocenters. The van der Waals surface area contributed by atoms with Gasteiger partial charge < -0.3 is 14.6 Å². The molecule has 2 heterocycles. The zero-order chi connectivity index (χ0) is 24.1. The SMILES string of the molecule is C1CC1.COc1cc(-c2ccc(C3CCc4ccc(CC(C)C(=O)O)cc4O3)c(F)c2)ccn1. The number of benzene rings is 2. The fraction of sp³-hybridized carbons (Fsp3) is 0.357. The highest BCUT2D eigenvalue weighted by Crippen LogP contribution is 2.37. The fourth-order valence-corrected chi connectivity index (χ4v) is 3.87. The van der Waals surface area contributed by atoms with Gasteiger partial charge in [0.2, 0.25) is 5.88 Å². The lowest BCUT2D eigenvalue weighted by Crippen LogP contribution is -2.17. The van der Waals surface area contributed by atoms with E-state index in [0.29, 0.717) is 30.0 Å². The molecule has 3 aromatic rings. The molecule has 0 spiro atoms. The summed E-state index contributed by atoms with van der Waals surface area (Å²) in [6, 6.07) is 14.5. The second-order valence-corrected chi connectivity index (χ2v) is 8.91. The number of pyridine rings is 1. The van der Waals surface area contributed by atoms with Crippen LogP contribution in [0.3, 0.4) is 0 Å². The molecule has 2 aromatic carbocycles. The Balaban J connectivity index is 0.000000846. The van der Waals surface area contributed by atoms with Crippen LogP contribution in [0.15, 0.2) is 54.7 Å². The highest BCUT2D eigenvalue weighted by atomic mass is 19.1. The number of methoxy groups -OCH3 is 1. The third-order valence-electron chi connectivity index (χ3n) is 6.02. The number of carboxylic acid groups (broad SMARTS) is 1. The number of rotatable bonds is 6. The number of nitrogens with zero attached hydrogens (tertiary/aromatic N) is 1. The molecule has 6 heteroatoms. The Bertz CT molecular complexity index is 1160. The lowest BCUT2D eigenvalue weighted by Gasteiger charge is -2.27. The maximum Gasteiger partial charge on any atom is 0.306 e. The zero-order valence-electron chi connectivity index (χ0n) is 19.6. The van der Waals surface area contributed by atoms with Gasteiger partial charge in [0, 0.05) is 17.8 Å². The Labute approximate surface area is 199 Å². The van der Waals surface area contributed by atoms with Crippen molar-refractivity contribution in [2.24, 2.45) is 5.92 Å². The first-order valence-corrected chi connectivity index (χ1v) is 11.8. The molecule has 0 bridgehead atoms. The van der Waals surface area contributed by atoms with Crippen molar-refractivity contribution in [2.45, 2.75) is 51.6 Å². The maximum atomic E-state index is 15.0. The van der Waals surface area contributed by atoms with Crippen molar-refractivity contribution in [3.63, 3.8) is 0 Å². The lowest BCUT2D eigenvalue weighted by molar-refractivity contribution is -0.141. The van der Waals surface area contributed by atoms with Gasteiger partial charge in [-0.2, -0.15) is 0 Å². The molecular weight excluding hydrogens is 433 g/mol. The monoisotopic (exact) mass is 463 g/mol. The van der Waals surface area contributed by atoms with Gasteiger partial charge in [-0.25, -0.2) is 9.37 Å². The van der Waals surface area contributed by atoms with Crippen molar-refractivity contribution in [1.82, 2.24) is 4.98 Å². The summed E-state index contributed by atoms with van der Waals surface area (Å²) in [6.45, 7) is 1.68. The number of carbonyl (C=O) groups is 1. The van der Waals surface area contributed by atoms with Gasteiger partial charge >= 0.3 is 5.97 Å². The van der Waals surface area contributed by atoms with Gasteiger partial charge in [-0.15, -0.1) is 0 Å². The molecule has 1 aromatic heterocycles. The molecule has 5 nitrogen and oxygen atoms in total. The highest BCUT2D eigenvalue weighted by Gasteiger charge is 2.25. The summed E-state index contributed by atoms with van der Waals surface area (Å²) < 4.78 is 26.3. The molecule has 2 aliphatic rings. The number of aryl methyl sites for hydroxylation is 1. The predicted molar refractivity (Wildman–Crippen MR) is 129 cm³/mol. The van der Waals surface area contributed by atoms with Gasteiger partial charge in [0.25, 0.3) is 0 Å². The number of halogens is 1. The van der Waals surface area contributed by atoms with Gasteiger partial charge in [0.05, 0.1) is 13.0 Å². The van der Waals surface area contributed by atoms with Crippen molar-refractivity contribution < 1.29 is 23.8 Å². The summed E-state index contributed by atoms with van der Waals surface area (Å²) in [5, 5.41) is 9.15. The van der Waals surface area contributed by atoms with Gasteiger partial charge in [-0.1, -0.05) is 50.5 Å². The van der Waals surface area contributed by atoms with E-state index in [1.807, 2.05) is 30.3 Å². The van der Waals surface area contributed by atoms with E-state index < -0.39 is 11.9 Å². The number of aromatic nitrogens is 1. The van der Waals surface area contributed by atoms with Crippen LogP contribution in [0.5, 0.6) is 11.6 Å². The Hall–Kier alpha value is -3.41. The molecule has 178 valence electrons. The molecule has 0 saturated heterocycles. The van der Waals surface area contributed by atoms with E-state index in [2.05, 4.69) is 4.98 Å². The molecule has 1 fully saturated rings. The predicted octanol–water partition coefficient (Wildman–Crippen LogP) is 6.40. The first-order valence-electron chi connectivity index (χ1n) is 11.8. The zero-order valence-corrected chi connectivity index (χ0v) is 19.6. The first-order chi connectivity index (χ1) is 16.4. The summed E-state index contributed by atoms with van der Waals surface area (Å²) in [6.07, 6.45) is 7.62. The van der Waals surface area contributed by atoms with Gasteiger partial charge in [-0.05, 0) is 59.7 Å². The van der Waals surface area contributed by atoms with E-state index in [4.69, 9.17) is 14.6 Å². The van der Waals surface area contributed by atoms with E-state index in [1.54, 1.807) is 32.4 Å². The van der Waals surface area contributed by atoms with Crippen LogP contribution in [-0.2, 0) is 17.6 Å². The number of hydrogen-bond donors (Lipinski definition) is 1. The highest BCUT2D eigenvalue weighted by molar-refractivity contribution is 5.70. The third kappa shape index (κ3) is 5.93. The van der Waals surface area contributed by atoms with E-state index in [-0.39, 0.29) is 11.9 Å². The fourth-order valence-electron chi connectivity index (χ4n) is 3.87. The smallest absolute Gasteiger partial charge is 0.306 e. The summed E-state index contributed by atoms with van der Waals surface area (Å²) in [4.78, 5) is 15.2. The number of ether oxygens (including phenoxy) is 2. The average Bonchev–Trinajstić information content (AvgIpc) is 3.73.